The zero-order valence-electron chi connectivity index (χ0n) is 25.3. The van der Waals surface area contributed by atoms with Gasteiger partial charge in [0, 0.05) is 33.9 Å². The second-order valence-corrected chi connectivity index (χ2v) is 12.1. The summed E-state index contributed by atoms with van der Waals surface area (Å²) in [6.45, 7) is 0.00861. The Balaban J connectivity index is 1.28. The van der Waals surface area contributed by atoms with Crippen molar-refractivity contribution in [3.8, 4) is 34.1 Å². The van der Waals surface area contributed by atoms with Crippen LogP contribution in [0, 0.1) is 0 Å². The van der Waals surface area contributed by atoms with E-state index in [2.05, 4.69) is 132 Å². The van der Waals surface area contributed by atoms with Gasteiger partial charge in [-0.3, -0.25) is 0 Å². The second kappa shape index (κ2) is 10.2. The van der Waals surface area contributed by atoms with Crippen LogP contribution in [0.2, 0.25) is 0 Å². The Labute approximate surface area is 272 Å². The standard InChI is InChI=1S/C42H26BNO3/c1-2-12-28(13-3-1)40-35(22-21-29-23-24-45-42(29)40)44(34-18-10-14-27-11-4-5-15-31(27)34)30-25-38-41-39(26-30)47-37-20-9-7-17-33(37)43(41)32-16-6-8-19-36(32)46-38/h1-26H. The first kappa shape index (κ1) is 26.1. The number of hydrogen-bond acceptors (Lipinski definition) is 4. The van der Waals surface area contributed by atoms with Crippen LogP contribution in [0.4, 0.5) is 17.1 Å². The monoisotopic (exact) mass is 603 g/mol. The molecule has 0 amide bonds. The van der Waals surface area contributed by atoms with Crippen LogP contribution in [0.5, 0.6) is 23.0 Å². The molecule has 3 heterocycles. The first-order chi connectivity index (χ1) is 23.3. The van der Waals surface area contributed by atoms with E-state index in [0.717, 1.165) is 89.3 Å². The van der Waals surface area contributed by atoms with Crippen LogP contribution in [-0.2, 0) is 0 Å². The third kappa shape index (κ3) is 3.96. The molecule has 2 aliphatic heterocycles. The highest BCUT2D eigenvalue weighted by molar-refractivity contribution is 6.98. The minimum Gasteiger partial charge on any atom is -0.464 e. The highest BCUT2D eigenvalue weighted by Crippen LogP contribution is 2.48. The van der Waals surface area contributed by atoms with Gasteiger partial charge in [-0.1, -0.05) is 103 Å². The molecule has 0 fully saturated rings. The summed E-state index contributed by atoms with van der Waals surface area (Å²) in [5.41, 5.74) is 9.23. The molecular weight excluding hydrogens is 577 g/mol. The third-order valence-corrected chi connectivity index (χ3v) is 9.45. The fourth-order valence-corrected chi connectivity index (χ4v) is 7.41. The van der Waals surface area contributed by atoms with E-state index in [-0.39, 0.29) is 6.71 Å². The lowest BCUT2D eigenvalue weighted by atomic mass is 9.35. The van der Waals surface area contributed by atoms with Crippen LogP contribution >= 0.6 is 0 Å². The molecule has 47 heavy (non-hydrogen) atoms. The van der Waals surface area contributed by atoms with Crippen LogP contribution in [0.1, 0.15) is 0 Å². The van der Waals surface area contributed by atoms with Gasteiger partial charge in [0.2, 0.25) is 0 Å². The quantitative estimate of drug-likeness (QED) is 0.188. The molecule has 0 bridgehead atoms. The van der Waals surface area contributed by atoms with Gasteiger partial charge in [-0.25, -0.2) is 0 Å². The van der Waals surface area contributed by atoms with Gasteiger partial charge < -0.3 is 18.8 Å². The lowest BCUT2D eigenvalue weighted by Gasteiger charge is -2.35. The first-order valence-electron chi connectivity index (χ1n) is 15.9. The van der Waals surface area contributed by atoms with Gasteiger partial charge in [0.1, 0.15) is 28.6 Å². The van der Waals surface area contributed by atoms with Crippen LogP contribution in [-0.4, -0.2) is 6.71 Å². The molecule has 5 heteroatoms. The van der Waals surface area contributed by atoms with Crippen molar-refractivity contribution in [3.63, 3.8) is 0 Å². The zero-order valence-corrected chi connectivity index (χ0v) is 25.3. The molecule has 0 unspecified atom stereocenters. The molecule has 0 radical (unpaired) electrons. The van der Waals surface area contributed by atoms with Crippen molar-refractivity contribution in [3.05, 3.63) is 158 Å². The predicted octanol–water partition coefficient (Wildman–Crippen LogP) is 9.45. The molecule has 0 aliphatic carbocycles. The minimum absolute atomic E-state index is 0.00861. The maximum Gasteiger partial charge on any atom is 0.260 e. The fourth-order valence-electron chi connectivity index (χ4n) is 7.41. The lowest BCUT2D eigenvalue weighted by Crippen LogP contribution is -2.57. The van der Waals surface area contributed by atoms with Gasteiger partial charge in [0.25, 0.3) is 6.71 Å². The Morgan fingerprint density at radius 3 is 1.91 bits per heavy atom. The van der Waals surface area contributed by atoms with Crippen molar-refractivity contribution >= 4 is 61.9 Å². The van der Waals surface area contributed by atoms with Gasteiger partial charge in [0.15, 0.2) is 0 Å². The highest BCUT2D eigenvalue weighted by atomic mass is 16.5. The number of benzene rings is 7. The van der Waals surface area contributed by atoms with Crippen molar-refractivity contribution in [2.45, 2.75) is 0 Å². The average molecular weight is 603 g/mol. The minimum atomic E-state index is 0.00861. The Morgan fingerprint density at radius 1 is 0.489 bits per heavy atom. The summed E-state index contributed by atoms with van der Waals surface area (Å²) in [4.78, 5) is 2.33. The maximum atomic E-state index is 6.74. The van der Waals surface area contributed by atoms with Gasteiger partial charge in [-0.2, -0.15) is 0 Å². The molecular formula is C42H26BNO3. The fraction of sp³-hybridized carbons (Fsp3) is 0. The topological polar surface area (TPSA) is 34.8 Å². The van der Waals surface area contributed by atoms with E-state index in [1.54, 1.807) is 6.26 Å². The second-order valence-electron chi connectivity index (χ2n) is 12.1. The summed E-state index contributed by atoms with van der Waals surface area (Å²) >= 11 is 0. The van der Waals surface area contributed by atoms with E-state index in [9.17, 15) is 0 Å². The molecule has 7 aromatic carbocycles. The number of para-hydroxylation sites is 2. The molecule has 220 valence electrons. The Kier molecular flexibility index (Phi) is 5.63. The van der Waals surface area contributed by atoms with Gasteiger partial charge >= 0.3 is 0 Å². The summed E-state index contributed by atoms with van der Waals surface area (Å²) in [6, 6.07) is 52.8. The number of furan rings is 1. The van der Waals surface area contributed by atoms with E-state index in [0.29, 0.717) is 0 Å². The van der Waals surface area contributed by atoms with Crippen LogP contribution in [0.15, 0.2) is 162 Å². The van der Waals surface area contributed by atoms with E-state index in [4.69, 9.17) is 13.9 Å². The summed E-state index contributed by atoms with van der Waals surface area (Å²) < 4.78 is 19.7. The summed E-state index contributed by atoms with van der Waals surface area (Å²) in [6.07, 6.45) is 1.77. The van der Waals surface area contributed by atoms with E-state index < -0.39 is 0 Å². The van der Waals surface area contributed by atoms with E-state index >= 15 is 0 Å². The molecule has 0 saturated carbocycles. The summed E-state index contributed by atoms with van der Waals surface area (Å²) in [5.74, 6) is 3.31. The van der Waals surface area contributed by atoms with Crippen LogP contribution in [0.3, 0.4) is 0 Å². The van der Waals surface area contributed by atoms with Crippen molar-refractivity contribution < 1.29 is 13.9 Å². The van der Waals surface area contributed by atoms with Crippen LogP contribution < -0.4 is 30.8 Å². The smallest absolute Gasteiger partial charge is 0.260 e. The molecule has 0 saturated heterocycles. The molecule has 0 spiro atoms. The molecule has 0 atom stereocenters. The van der Waals surface area contributed by atoms with Crippen molar-refractivity contribution in [1.29, 1.82) is 0 Å². The number of anilines is 3. The molecule has 8 aromatic rings. The predicted molar refractivity (Wildman–Crippen MR) is 192 cm³/mol. The average Bonchev–Trinajstić information content (AvgIpc) is 3.61. The number of fused-ring (bicyclic) bond motifs is 6. The number of nitrogens with zero attached hydrogens (tertiary/aromatic N) is 1. The largest absolute Gasteiger partial charge is 0.464 e. The normalized spacial score (nSPS) is 12.6. The molecule has 1 aromatic heterocycles. The van der Waals surface area contributed by atoms with E-state index in [1.165, 1.54) is 0 Å². The van der Waals surface area contributed by atoms with Crippen molar-refractivity contribution in [1.82, 2.24) is 0 Å². The molecule has 10 rings (SSSR count). The van der Waals surface area contributed by atoms with Crippen LogP contribution in [0.25, 0.3) is 32.9 Å². The van der Waals surface area contributed by atoms with Crippen molar-refractivity contribution in [2.24, 2.45) is 0 Å². The summed E-state index contributed by atoms with van der Waals surface area (Å²) in [5, 5.41) is 3.34. The third-order valence-electron chi connectivity index (χ3n) is 9.45. The van der Waals surface area contributed by atoms with Gasteiger partial charge in [-0.15, -0.1) is 0 Å². The van der Waals surface area contributed by atoms with E-state index in [1.807, 2.05) is 24.3 Å². The number of ether oxygens (including phenoxy) is 2. The first-order valence-corrected chi connectivity index (χ1v) is 15.9. The maximum absolute atomic E-state index is 6.74. The van der Waals surface area contributed by atoms with Gasteiger partial charge in [0.05, 0.1) is 23.3 Å². The number of hydrogen-bond donors (Lipinski definition) is 0. The Hall–Kier alpha value is -6.20. The highest BCUT2D eigenvalue weighted by Gasteiger charge is 2.40. The Morgan fingerprint density at radius 2 is 1.15 bits per heavy atom. The summed E-state index contributed by atoms with van der Waals surface area (Å²) in [7, 11) is 0. The van der Waals surface area contributed by atoms with Crippen molar-refractivity contribution in [2.75, 3.05) is 4.90 Å². The Bertz CT molecular complexity index is 2430. The molecule has 0 N–H and O–H groups in total. The molecule has 4 nitrogen and oxygen atoms in total. The van der Waals surface area contributed by atoms with Gasteiger partial charge in [-0.05, 0) is 58.3 Å². The zero-order chi connectivity index (χ0) is 30.9. The lowest BCUT2D eigenvalue weighted by molar-refractivity contribution is 0.465. The SMILES string of the molecule is c1ccc(-c2c(N(c3cc4c5c(c3)Oc3ccccc3B5c3ccccc3O4)c3cccc4ccccc34)ccc3ccoc23)cc1. The number of rotatable bonds is 4. The molecule has 2 aliphatic rings.